The number of ether oxygens (including phenoxy) is 1. The van der Waals surface area contributed by atoms with E-state index in [1.165, 1.54) is 12.1 Å². The SMILES string of the molecule is O=C(NC[C@@H](c1ccccc1Cl)N1CCOCC1)Nc1ccccc1[N+](=O)[O-]. The fraction of sp³-hybridized carbons (Fsp3) is 0.316. The number of carbonyl (C=O) groups excluding carboxylic acids is 1. The van der Waals surface area contributed by atoms with Crippen LogP contribution in [0.4, 0.5) is 16.2 Å². The number of nitrogens with zero attached hydrogens (tertiary/aromatic N) is 2. The molecule has 1 aliphatic heterocycles. The molecule has 2 aromatic carbocycles. The number of hydrogen-bond donors (Lipinski definition) is 2. The van der Waals surface area contributed by atoms with Crippen LogP contribution in [0.2, 0.25) is 5.02 Å². The molecule has 0 saturated carbocycles. The van der Waals surface area contributed by atoms with E-state index in [4.69, 9.17) is 16.3 Å². The van der Waals surface area contributed by atoms with Crippen LogP contribution in [0.5, 0.6) is 0 Å². The van der Waals surface area contributed by atoms with Crippen LogP contribution in [0.3, 0.4) is 0 Å². The monoisotopic (exact) mass is 404 g/mol. The van der Waals surface area contributed by atoms with E-state index in [1.54, 1.807) is 12.1 Å². The minimum atomic E-state index is -0.532. The van der Waals surface area contributed by atoms with Crippen molar-refractivity contribution in [1.29, 1.82) is 0 Å². The maximum atomic E-state index is 12.4. The van der Waals surface area contributed by atoms with Crippen molar-refractivity contribution in [2.75, 3.05) is 38.2 Å². The largest absolute Gasteiger partial charge is 0.379 e. The molecule has 1 atom stereocenters. The Kier molecular flexibility index (Phi) is 6.80. The molecule has 8 nitrogen and oxygen atoms in total. The van der Waals surface area contributed by atoms with Crippen molar-refractivity contribution < 1.29 is 14.5 Å². The Balaban J connectivity index is 1.70. The van der Waals surface area contributed by atoms with Gasteiger partial charge in [-0.05, 0) is 17.7 Å². The highest BCUT2D eigenvalue weighted by Gasteiger charge is 2.25. The van der Waals surface area contributed by atoms with Crippen LogP contribution in [0.1, 0.15) is 11.6 Å². The lowest BCUT2D eigenvalue weighted by atomic mass is 10.0. The maximum Gasteiger partial charge on any atom is 0.319 e. The number of hydrogen-bond acceptors (Lipinski definition) is 5. The molecule has 148 valence electrons. The van der Waals surface area contributed by atoms with Crippen LogP contribution >= 0.6 is 11.6 Å². The summed E-state index contributed by atoms with van der Waals surface area (Å²) < 4.78 is 5.42. The highest BCUT2D eigenvalue weighted by molar-refractivity contribution is 6.31. The topological polar surface area (TPSA) is 96.7 Å². The number of carbonyl (C=O) groups is 1. The first-order valence-corrected chi connectivity index (χ1v) is 9.28. The van der Waals surface area contributed by atoms with Crippen LogP contribution in [0, 0.1) is 10.1 Å². The van der Waals surface area contributed by atoms with E-state index in [-0.39, 0.29) is 17.4 Å². The zero-order valence-electron chi connectivity index (χ0n) is 15.1. The Morgan fingerprint density at radius 3 is 2.57 bits per heavy atom. The predicted octanol–water partition coefficient (Wildman–Crippen LogP) is 3.44. The molecule has 0 spiro atoms. The van der Waals surface area contributed by atoms with Gasteiger partial charge in [-0.15, -0.1) is 0 Å². The second-order valence-corrected chi connectivity index (χ2v) is 6.70. The third-order valence-electron chi connectivity index (χ3n) is 4.56. The molecule has 1 aliphatic rings. The zero-order valence-corrected chi connectivity index (χ0v) is 15.9. The number of urea groups is 1. The lowest BCUT2D eigenvalue weighted by molar-refractivity contribution is -0.383. The Bertz CT molecular complexity index is 842. The van der Waals surface area contributed by atoms with Gasteiger partial charge >= 0.3 is 6.03 Å². The first-order chi connectivity index (χ1) is 13.6. The third kappa shape index (κ3) is 4.98. The van der Waals surface area contributed by atoms with E-state index in [2.05, 4.69) is 15.5 Å². The van der Waals surface area contributed by atoms with Crippen molar-refractivity contribution >= 4 is 29.0 Å². The summed E-state index contributed by atoms with van der Waals surface area (Å²) in [4.78, 5) is 25.1. The average molecular weight is 405 g/mol. The molecule has 2 amide bonds. The number of nitro benzene ring substituents is 1. The van der Waals surface area contributed by atoms with Gasteiger partial charge in [-0.2, -0.15) is 0 Å². The maximum absolute atomic E-state index is 12.4. The molecule has 28 heavy (non-hydrogen) atoms. The van der Waals surface area contributed by atoms with Gasteiger partial charge in [-0.3, -0.25) is 15.0 Å². The Morgan fingerprint density at radius 1 is 1.18 bits per heavy atom. The molecule has 2 N–H and O–H groups in total. The summed E-state index contributed by atoms with van der Waals surface area (Å²) in [6.45, 7) is 2.98. The minimum Gasteiger partial charge on any atom is -0.379 e. The molecule has 0 unspecified atom stereocenters. The van der Waals surface area contributed by atoms with Crippen LogP contribution in [-0.4, -0.2) is 48.7 Å². The molecule has 2 aromatic rings. The van der Waals surface area contributed by atoms with Crippen LogP contribution in [0.15, 0.2) is 48.5 Å². The molecule has 0 radical (unpaired) electrons. The van der Waals surface area contributed by atoms with E-state index in [0.29, 0.717) is 24.8 Å². The van der Waals surface area contributed by atoms with Crippen molar-refractivity contribution in [3.8, 4) is 0 Å². The molecule has 0 aromatic heterocycles. The number of para-hydroxylation sites is 2. The van der Waals surface area contributed by atoms with Gasteiger partial charge in [0.1, 0.15) is 5.69 Å². The number of halogens is 1. The summed E-state index contributed by atoms with van der Waals surface area (Å²) in [5.41, 5.74) is 0.899. The minimum absolute atomic E-state index is 0.130. The fourth-order valence-corrected chi connectivity index (χ4v) is 3.43. The van der Waals surface area contributed by atoms with Crippen LogP contribution in [-0.2, 0) is 4.74 Å². The van der Waals surface area contributed by atoms with E-state index in [9.17, 15) is 14.9 Å². The summed E-state index contributed by atoms with van der Waals surface area (Å²) in [6.07, 6.45) is 0. The molecule has 9 heteroatoms. The van der Waals surface area contributed by atoms with Crippen LogP contribution < -0.4 is 10.6 Å². The van der Waals surface area contributed by atoms with Crippen molar-refractivity contribution in [3.63, 3.8) is 0 Å². The summed E-state index contributed by atoms with van der Waals surface area (Å²) in [7, 11) is 0. The van der Waals surface area contributed by atoms with Crippen molar-refractivity contribution in [1.82, 2.24) is 10.2 Å². The molecule has 0 bridgehead atoms. The summed E-state index contributed by atoms with van der Waals surface area (Å²) in [5.74, 6) is 0. The standard InChI is InChI=1S/C19H21ClN4O4/c20-15-6-2-1-5-14(15)18(23-9-11-28-12-10-23)13-21-19(25)22-16-7-3-4-8-17(16)24(26)27/h1-8,18H,9-13H2,(H2,21,22,25)/t18-/m0/s1. The lowest BCUT2D eigenvalue weighted by Gasteiger charge is -2.35. The smallest absolute Gasteiger partial charge is 0.319 e. The molecule has 1 saturated heterocycles. The molecule has 3 rings (SSSR count). The Labute approximate surface area is 167 Å². The number of benzene rings is 2. The van der Waals surface area contributed by atoms with Gasteiger partial charge in [0, 0.05) is 30.7 Å². The van der Waals surface area contributed by atoms with E-state index in [0.717, 1.165) is 18.7 Å². The van der Waals surface area contributed by atoms with Gasteiger partial charge in [0.25, 0.3) is 5.69 Å². The molecular formula is C19H21ClN4O4. The average Bonchev–Trinajstić information content (AvgIpc) is 2.70. The molecular weight excluding hydrogens is 384 g/mol. The first kappa shape index (κ1) is 20.1. The van der Waals surface area contributed by atoms with Crippen molar-refractivity contribution in [2.45, 2.75) is 6.04 Å². The quantitative estimate of drug-likeness (QED) is 0.567. The Morgan fingerprint density at radius 2 is 1.86 bits per heavy atom. The van der Waals surface area contributed by atoms with Gasteiger partial charge < -0.3 is 15.4 Å². The normalized spacial score (nSPS) is 15.6. The summed E-state index contributed by atoms with van der Waals surface area (Å²) in [6, 6.07) is 12.9. The van der Waals surface area contributed by atoms with E-state index >= 15 is 0 Å². The van der Waals surface area contributed by atoms with Gasteiger partial charge in [-0.25, -0.2) is 4.79 Å². The number of amides is 2. The van der Waals surface area contributed by atoms with Crippen molar-refractivity contribution in [2.24, 2.45) is 0 Å². The number of nitrogens with one attached hydrogen (secondary N) is 2. The van der Waals surface area contributed by atoms with Gasteiger partial charge in [0.05, 0.1) is 24.2 Å². The number of morpholine rings is 1. The van der Waals surface area contributed by atoms with Gasteiger partial charge in [0.2, 0.25) is 0 Å². The molecule has 1 fully saturated rings. The van der Waals surface area contributed by atoms with Gasteiger partial charge in [0.15, 0.2) is 0 Å². The number of rotatable bonds is 6. The fourth-order valence-electron chi connectivity index (χ4n) is 3.16. The number of anilines is 1. The second kappa shape index (κ2) is 9.50. The molecule has 0 aliphatic carbocycles. The molecule has 1 heterocycles. The van der Waals surface area contributed by atoms with Crippen molar-refractivity contribution in [3.05, 3.63) is 69.2 Å². The lowest BCUT2D eigenvalue weighted by Crippen LogP contribution is -2.44. The Hall–Kier alpha value is -2.68. The third-order valence-corrected chi connectivity index (χ3v) is 4.90. The summed E-state index contributed by atoms with van der Waals surface area (Å²) in [5, 5.41) is 17.1. The van der Waals surface area contributed by atoms with Gasteiger partial charge in [-0.1, -0.05) is 41.9 Å². The summed E-state index contributed by atoms with van der Waals surface area (Å²) >= 11 is 6.38. The van der Waals surface area contributed by atoms with Crippen LogP contribution in [0.25, 0.3) is 0 Å². The van der Waals surface area contributed by atoms with E-state index < -0.39 is 11.0 Å². The highest BCUT2D eigenvalue weighted by Crippen LogP contribution is 2.28. The predicted molar refractivity (Wildman–Crippen MR) is 107 cm³/mol. The number of nitro groups is 1. The van der Waals surface area contributed by atoms with E-state index in [1.807, 2.05) is 24.3 Å². The highest BCUT2D eigenvalue weighted by atomic mass is 35.5. The second-order valence-electron chi connectivity index (χ2n) is 6.29. The first-order valence-electron chi connectivity index (χ1n) is 8.91. The zero-order chi connectivity index (χ0) is 19.9.